The fraction of sp³-hybridized carbons (Fsp3) is 0. The van der Waals surface area contributed by atoms with Crippen molar-refractivity contribution in [3.63, 3.8) is 0 Å². The number of furan rings is 1. The molecule has 0 aliphatic carbocycles. The summed E-state index contributed by atoms with van der Waals surface area (Å²) in [4.78, 5) is 9.44. The molecule has 3 aromatic heterocycles. The fourth-order valence-electron chi connectivity index (χ4n) is 5.53. The van der Waals surface area contributed by atoms with Crippen molar-refractivity contribution in [1.82, 2.24) is 9.97 Å². The topological polar surface area (TPSA) is 38.9 Å². The maximum Gasteiger partial charge on any atom is 0.144 e. The summed E-state index contributed by atoms with van der Waals surface area (Å²) in [5.74, 6) is 0. The molecular formula is C34H20N2O. The zero-order valence-corrected chi connectivity index (χ0v) is 19.8. The SMILES string of the molecule is c1ccc2cc(-c3ccc(-c4nc5cnccc5c5c4ccc4c6ccccc6oc45)cc3)ccc2c1. The number of nitrogens with zero attached hydrogens (tertiary/aromatic N) is 2. The largest absolute Gasteiger partial charge is 0.455 e. The Morgan fingerprint density at radius 1 is 0.541 bits per heavy atom. The van der Waals surface area contributed by atoms with Crippen molar-refractivity contribution in [1.29, 1.82) is 0 Å². The molecule has 5 aromatic carbocycles. The van der Waals surface area contributed by atoms with Gasteiger partial charge in [-0.25, -0.2) is 4.98 Å². The fourth-order valence-corrected chi connectivity index (χ4v) is 5.53. The van der Waals surface area contributed by atoms with Crippen LogP contribution in [-0.2, 0) is 0 Å². The number of hydrogen-bond acceptors (Lipinski definition) is 3. The standard InChI is InChI=1S/C34H20N2O/c1-2-6-24-19-25(14-11-21(24)5-1)22-9-12-23(13-10-22)33-29-16-15-27-26-7-3-4-8-31(26)37-34(27)32(29)28-17-18-35-20-30(28)36-33/h1-20H. The lowest BCUT2D eigenvalue weighted by Gasteiger charge is -2.11. The lowest BCUT2D eigenvalue weighted by Crippen LogP contribution is -1.91. The molecule has 0 aliphatic heterocycles. The van der Waals surface area contributed by atoms with Gasteiger partial charge in [-0.15, -0.1) is 0 Å². The van der Waals surface area contributed by atoms with Gasteiger partial charge in [0.25, 0.3) is 0 Å². The third kappa shape index (κ3) is 3.08. The van der Waals surface area contributed by atoms with E-state index in [-0.39, 0.29) is 0 Å². The molecule has 0 atom stereocenters. The lowest BCUT2D eigenvalue weighted by atomic mass is 9.96. The Hall–Kier alpha value is -5.02. The van der Waals surface area contributed by atoms with E-state index in [1.54, 1.807) is 0 Å². The van der Waals surface area contributed by atoms with Gasteiger partial charge in [0.2, 0.25) is 0 Å². The molecule has 3 heteroatoms. The van der Waals surface area contributed by atoms with E-state index in [1.165, 1.54) is 21.9 Å². The van der Waals surface area contributed by atoms with Crippen LogP contribution >= 0.6 is 0 Å². The van der Waals surface area contributed by atoms with E-state index >= 15 is 0 Å². The highest BCUT2D eigenvalue weighted by Gasteiger charge is 2.17. The highest BCUT2D eigenvalue weighted by atomic mass is 16.3. The van der Waals surface area contributed by atoms with Crippen LogP contribution in [0.15, 0.2) is 126 Å². The molecule has 0 aliphatic rings. The molecule has 3 heterocycles. The van der Waals surface area contributed by atoms with E-state index in [0.29, 0.717) is 0 Å². The number of aromatic nitrogens is 2. The molecule has 8 rings (SSSR count). The zero-order valence-electron chi connectivity index (χ0n) is 19.8. The first-order valence-corrected chi connectivity index (χ1v) is 12.4. The molecule has 37 heavy (non-hydrogen) atoms. The van der Waals surface area contributed by atoms with Crippen molar-refractivity contribution in [2.75, 3.05) is 0 Å². The Morgan fingerprint density at radius 3 is 2.22 bits per heavy atom. The molecular weight excluding hydrogens is 452 g/mol. The van der Waals surface area contributed by atoms with Gasteiger partial charge in [0.15, 0.2) is 0 Å². The molecule has 0 N–H and O–H groups in total. The van der Waals surface area contributed by atoms with Gasteiger partial charge in [0.1, 0.15) is 11.2 Å². The van der Waals surface area contributed by atoms with Crippen LogP contribution in [0.5, 0.6) is 0 Å². The van der Waals surface area contributed by atoms with E-state index in [4.69, 9.17) is 9.40 Å². The Morgan fingerprint density at radius 2 is 1.30 bits per heavy atom. The van der Waals surface area contributed by atoms with Gasteiger partial charge in [-0.1, -0.05) is 84.9 Å². The molecule has 0 radical (unpaired) electrons. The van der Waals surface area contributed by atoms with E-state index in [0.717, 1.165) is 54.9 Å². The number of para-hydroxylation sites is 1. The zero-order chi connectivity index (χ0) is 24.3. The Labute approximate surface area is 212 Å². The number of rotatable bonds is 2. The van der Waals surface area contributed by atoms with E-state index in [9.17, 15) is 0 Å². The quantitative estimate of drug-likeness (QED) is 0.235. The van der Waals surface area contributed by atoms with Crippen LogP contribution in [0.2, 0.25) is 0 Å². The van der Waals surface area contributed by atoms with Gasteiger partial charge in [0, 0.05) is 38.7 Å². The van der Waals surface area contributed by atoms with Gasteiger partial charge in [0.05, 0.1) is 17.4 Å². The van der Waals surface area contributed by atoms with Gasteiger partial charge < -0.3 is 4.42 Å². The van der Waals surface area contributed by atoms with Crippen molar-refractivity contribution < 1.29 is 4.42 Å². The first kappa shape index (κ1) is 20.2. The van der Waals surface area contributed by atoms with Crippen molar-refractivity contribution in [2.24, 2.45) is 0 Å². The summed E-state index contributed by atoms with van der Waals surface area (Å²) < 4.78 is 6.43. The lowest BCUT2D eigenvalue weighted by molar-refractivity contribution is 0.673. The molecule has 0 saturated carbocycles. The predicted octanol–water partition coefficient (Wildman–Crippen LogP) is 9.17. The predicted molar refractivity (Wildman–Crippen MR) is 153 cm³/mol. The van der Waals surface area contributed by atoms with Crippen molar-refractivity contribution in [3.8, 4) is 22.4 Å². The van der Waals surface area contributed by atoms with Gasteiger partial charge in [-0.2, -0.15) is 0 Å². The van der Waals surface area contributed by atoms with Gasteiger partial charge in [-0.05, 0) is 46.2 Å². The maximum absolute atomic E-state index is 6.43. The smallest absolute Gasteiger partial charge is 0.144 e. The monoisotopic (exact) mass is 472 g/mol. The summed E-state index contributed by atoms with van der Waals surface area (Å²) in [6.45, 7) is 0. The van der Waals surface area contributed by atoms with Crippen LogP contribution in [0, 0.1) is 0 Å². The Bertz CT molecular complexity index is 2140. The highest BCUT2D eigenvalue weighted by molar-refractivity contribution is 6.24. The molecule has 0 bridgehead atoms. The van der Waals surface area contributed by atoms with Crippen molar-refractivity contribution >= 4 is 54.4 Å². The summed E-state index contributed by atoms with van der Waals surface area (Å²) in [6, 6.07) is 38.3. The average molecular weight is 473 g/mol. The van der Waals surface area contributed by atoms with Crippen LogP contribution in [0.25, 0.3) is 76.8 Å². The maximum atomic E-state index is 6.43. The first-order valence-electron chi connectivity index (χ1n) is 12.4. The summed E-state index contributed by atoms with van der Waals surface area (Å²) in [6.07, 6.45) is 3.66. The van der Waals surface area contributed by atoms with Gasteiger partial charge in [-0.3, -0.25) is 4.98 Å². The second-order valence-electron chi connectivity index (χ2n) is 9.46. The van der Waals surface area contributed by atoms with Crippen LogP contribution in [-0.4, -0.2) is 9.97 Å². The number of hydrogen-bond donors (Lipinski definition) is 0. The third-order valence-electron chi connectivity index (χ3n) is 7.34. The average Bonchev–Trinajstić information content (AvgIpc) is 3.35. The molecule has 0 saturated heterocycles. The number of benzene rings is 5. The van der Waals surface area contributed by atoms with E-state index < -0.39 is 0 Å². The van der Waals surface area contributed by atoms with E-state index in [2.05, 4.69) is 96.0 Å². The second-order valence-corrected chi connectivity index (χ2v) is 9.46. The van der Waals surface area contributed by atoms with E-state index in [1.807, 2.05) is 30.6 Å². The van der Waals surface area contributed by atoms with Crippen LogP contribution in [0.3, 0.4) is 0 Å². The molecule has 0 amide bonds. The molecule has 0 unspecified atom stereocenters. The first-order chi connectivity index (χ1) is 18.3. The molecule has 0 fully saturated rings. The normalized spacial score (nSPS) is 11.8. The Balaban J connectivity index is 1.35. The molecule has 0 spiro atoms. The summed E-state index contributed by atoms with van der Waals surface area (Å²) >= 11 is 0. The number of fused-ring (bicyclic) bond motifs is 8. The highest BCUT2D eigenvalue weighted by Crippen LogP contribution is 2.40. The second kappa shape index (κ2) is 7.74. The van der Waals surface area contributed by atoms with Crippen LogP contribution in [0.1, 0.15) is 0 Å². The molecule has 3 nitrogen and oxygen atoms in total. The number of pyridine rings is 2. The van der Waals surface area contributed by atoms with Crippen molar-refractivity contribution in [2.45, 2.75) is 0 Å². The minimum Gasteiger partial charge on any atom is -0.455 e. The summed E-state index contributed by atoms with van der Waals surface area (Å²) in [5.41, 5.74) is 7.03. The summed E-state index contributed by atoms with van der Waals surface area (Å²) in [7, 11) is 0. The van der Waals surface area contributed by atoms with Crippen molar-refractivity contribution in [3.05, 3.63) is 122 Å². The van der Waals surface area contributed by atoms with Gasteiger partial charge >= 0.3 is 0 Å². The minimum absolute atomic E-state index is 0.858. The Kier molecular flexibility index (Phi) is 4.23. The molecule has 172 valence electrons. The van der Waals surface area contributed by atoms with Crippen LogP contribution < -0.4 is 0 Å². The minimum atomic E-state index is 0.858. The summed E-state index contributed by atoms with van der Waals surface area (Å²) in [5, 5.41) is 7.93. The van der Waals surface area contributed by atoms with Crippen LogP contribution in [0.4, 0.5) is 0 Å². The molecule has 8 aromatic rings. The third-order valence-corrected chi connectivity index (χ3v) is 7.34.